The summed E-state index contributed by atoms with van der Waals surface area (Å²) in [6.45, 7) is -0.484. The highest BCUT2D eigenvalue weighted by atomic mass is 16.4. The summed E-state index contributed by atoms with van der Waals surface area (Å²) in [7, 11) is 0. The van der Waals surface area contributed by atoms with E-state index in [-0.39, 0.29) is 19.4 Å². The number of aromatic nitrogens is 3. The lowest BCUT2D eigenvalue weighted by atomic mass is 10.0. The lowest BCUT2D eigenvalue weighted by molar-refractivity contribution is -0.149. The first kappa shape index (κ1) is 26.8. The maximum Gasteiger partial charge on any atom is 0.326 e. The number of carbonyl (C=O) groups excluding carboxylic acids is 3. The molecule has 8 N–H and O–H groups in total. The zero-order chi connectivity index (χ0) is 27.2. The SMILES string of the molecule is NC(Cc1cnc[nH]1)C(=O)NC(CO)C(=O)NC(Cc1c[nH]c2ccccc12)C(=O)N1CCCC1C(=O)O. The molecule has 1 aliphatic rings. The number of aromatic amines is 2. The third-order valence-electron chi connectivity index (χ3n) is 6.68. The van der Waals surface area contributed by atoms with Crippen LogP contribution in [-0.4, -0.2) is 91.1 Å². The first-order valence-corrected chi connectivity index (χ1v) is 12.3. The van der Waals surface area contributed by atoms with Gasteiger partial charge >= 0.3 is 5.97 Å². The van der Waals surface area contributed by atoms with E-state index in [0.29, 0.717) is 18.5 Å². The second-order valence-corrected chi connectivity index (χ2v) is 9.28. The number of H-pyrrole nitrogens is 2. The van der Waals surface area contributed by atoms with E-state index < -0.39 is 54.5 Å². The van der Waals surface area contributed by atoms with Gasteiger partial charge in [-0.1, -0.05) is 18.2 Å². The Bertz CT molecular complexity index is 1290. The molecule has 4 rings (SSSR count). The number of nitrogens with two attached hydrogens (primary N) is 1. The van der Waals surface area contributed by atoms with Crippen LogP contribution >= 0.6 is 0 Å². The molecule has 13 heteroatoms. The fourth-order valence-electron chi connectivity index (χ4n) is 4.68. The zero-order valence-corrected chi connectivity index (χ0v) is 20.6. The summed E-state index contributed by atoms with van der Waals surface area (Å²) >= 11 is 0. The molecule has 0 radical (unpaired) electrons. The maximum absolute atomic E-state index is 13.5. The van der Waals surface area contributed by atoms with Crippen LogP contribution in [0, 0.1) is 0 Å². The number of carbonyl (C=O) groups is 4. The van der Waals surface area contributed by atoms with E-state index in [4.69, 9.17) is 5.73 Å². The Kier molecular flexibility index (Phi) is 8.38. The minimum absolute atomic E-state index is 0.0723. The van der Waals surface area contributed by atoms with E-state index in [2.05, 4.69) is 25.6 Å². The third-order valence-corrected chi connectivity index (χ3v) is 6.68. The number of para-hydroxylation sites is 1. The summed E-state index contributed by atoms with van der Waals surface area (Å²) in [5.41, 5.74) is 8.15. The molecule has 0 bridgehead atoms. The number of nitrogens with zero attached hydrogens (tertiary/aromatic N) is 2. The summed E-state index contributed by atoms with van der Waals surface area (Å²) < 4.78 is 0. The second-order valence-electron chi connectivity index (χ2n) is 9.28. The molecule has 3 aromatic rings. The van der Waals surface area contributed by atoms with Gasteiger partial charge in [-0.3, -0.25) is 14.4 Å². The molecule has 2 aromatic heterocycles. The van der Waals surface area contributed by atoms with Crippen LogP contribution in [0.25, 0.3) is 10.9 Å². The number of hydrogen-bond acceptors (Lipinski definition) is 7. The third kappa shape index (κ3) is 6.01. The molecule has 4 atom stereocenters. The average molecular weight is 526 g/mol. The molecule has 1 fully saturated rings. The molecule has 38 heavy (non-hydrogen) atoms. The number of nitrogens with one attached hydrogen (secondary N) is 4. The Morgan fingerprint density at radius 1 is 1.11 bits per heavy atom. The van der Waals surface area contributed by atoms with E-state index in [0.717, 1.165) is 16.5 Å². The van der Waals surface area contributed by atoms with Crippen LogP contribution in [0.2, 0.25) is 0 Å². The normalized spacial score (nSPS) is 17.6. The molecule has 3 amide bonds. The smallest absolute Gasteiger partial charge is 0.326 e. The Morgan fingerprint density at radius 2 is 1.87 bits per heavy atom. The number of aliphatic hydroxyl groups excluding tert-OH is 1. The van der Waals surface area contributed by atoms with Crippen molar-refractivity contribution in [2.45, 2.75) is 49.9 Å². The van der Waals surface area contributed by atoms with Crippen molar-refractivity contribution in [1.82, 2.24) is 30.5 Å². The lowest BCUT2D eigenvalue weighted by Crippen LogP contribution is -2.58. The predicted molar refractivity (Wildman–Crippen MR) is 136 cm³/mol. The maximum atomic E-state index is 13.5. The number of carboxylic acid groups (broad SMARTS) is 1. The van der Waals surface area contributed by atoms with Crippen LogP contribution in [-0.2, 0) is 32.0 Å². The Hall–Kier alpha value is -4.23. The van der Waals surface area contributed by atoms with Crippen LogP contribution in [0.15, 0.2) is 43.0 Å². The van der Waals surface area contributed by atoms with Crippen molar-refractivity contribution in [2.24, 2.45) is 5.73 Å². The van der Waals surface area contributed by atoms with Crippen molar-refractivity contribution < 1.29 is 29.4 Å². The summed E-state index contributed by atoms with van der Waals surface area (Å²) in [5.74, 6) is -3.12. The molecular weight excluding hydrogens is 494 g/mol. The number of aliphatic carboxylic acids is 1. The molecule has 202 valence electrons. The van der Waals surface area contributed by atoms with Crippen molar-refractivity contribution >= 4 is 34.6 Å². The number of aliphatic hydroxyl groups is 1. The van der Waals surface area contributed by atoms with Crippen LogP contribution in [0.1, 0.15) is 24.1 Å². The number of benzene rings is 1. The Balaban J connectivity index is 1.51. The molecular formula is C25H31N7O6. The van der Waals surface area contributed by atoms with E-state index >= 15 is 0 Å². The second kappa shape index (κ2) is 11.9. The summed E-state index contributed by atoms with van der Waals surface area (Å²) in [6.07, 6.45) is 5.76. The number of rotatable bonds is 11. The van der Waals surface area contributed by atoms with Crippen molar-refractivity contribution in [3.63, 3.8) is 0 Å². The lowest BCUT2D eigenvalue weighted by Gasteiger charge is -2.28. The zero-order valence-electron chi connectivity index (χ0n) is 20.6. The fourth-order valence-corrected chi connectivity index (χ4v) is 4.68. The van der Waals surface area contributed by atoms with Crippen LogP contribution < -0.4 is 16.4 Å². The summed E-state index contributed by atoms with van der Waals surface area (Å²) in [5, 5.41) is 25.3. The Labute approximate surface area is 217 Å². The van der Waals surface area contributed by atoms with Gasteiger partial charge in [0.2, 0.25) is 17.7 Å². The highest BCUT2D eigenvalue weighted by Crippen LogP contribution is 2.23. The van der Waals surface area contributed by atoms with Gasteiger partial charge in [-0.05, 0) is 24.5 Å². The molecule has 0 saturated carbocycles. The molecule has 0 spiro atoms. The van der Waals surface area contributed by atoms with E-state index in [9.17, 15) is 29.4 Å². The number of likely N-dealkylation sites (tertiary alicyclic amines) is 1. The summed E-state index contributed by atoms with van der Waals surface area (Å²) in [4.78, 5) is 62.1. The molecule has 1 aromatic carbocycles. The van der Waals surface area contributed by atoms with Crippen molar-refractivity contribution in [1.29, 1.82) is 0 Å². The van der Waals surface area contributed by atoms with E-state index in [1.807, 2.05) is 24.3 Å². The largest absolute Gasteiger partial charge is 0.480 e. The van der Waals surface area contributed by atoms with Gasteiger partial charge in [0.25, 0.3) is 0 Å². The first-order valence-electron chi connectivity index (χ1n) is 12.3. The highest BCUT2D eigenvalue weighted by Gasteiger charge is 2.38. The number of fused-ring (bicyclic) bond motifs is 1. The Morgan fingerprint density at radius 3 is 2.58 bits per heavy atom. The molecule has 13 nitrogen and oxygen atoms in total. The van der Waals surface area contributed by atoms with Crippen LogP contribution in [0.5, 0.6) is 0 Å². The number of imidazole rings is 1. The van der Waals surface area contributed by atoms with Gasteiger partial charge < -0.3 is 41.4 Å². The molecule has 0 aliphatic carbocycles. The molecule has 1 saturated heterocycles. The van der Waals surface area contributed by atoms with E-state index in [1.54, 1.807) is 6.20 Å². The molecule has 3 heterocycles. The average Bonchev–Trinajstić information content (AvgIpc) is 3.67. The fraction of sp³-hybridized carbons (Fsp3) is 0.400. The topological polar surface area (TPSA) is 207 Å². The van der Waals surface area contributed by atoms with Crippen LogP contribution in [0.3, 0.4) is 0 Å². The van der Waals surface area contributed by atoms with Crippen molar-refractivity contribution in [2.75, 3.05) is 13.2 Å². The highest BCUT2D eigenvalue weighted by molar-refractivity contribution is 5.95. The minimum atomic E-state index is -1.37. The van der Waals surface area contributed by atoms with Crippen molar-refractivity contribution in [3.05, 3.63) is 54.2 Å². The van der Waals surface area contributed by atoms with Gasteiger partial charge in [-0.15, -0.1) is 0 Å². The number of amides is 3. The van der Waals surface area contributed by atoms with Gasteiger partial charge in [-0.2, -0.15) is 0 Å². The monoisotopic (exact) mass is 525 g/mol. The van der Waals surface area contributed by atoms with Crippen molar-refractivity contribution in [3.8, 4) is 0 Å². The number of hydrogen-bond donors (Lipinski definition) is 7. The quantitative estimate of drug-likeness (QED) is 0.166. The van der Waals surface area contributed by atoms with Gasteiger partial charge in [0.05, 0.1) is 19.0 Å². The predicted octanol–water partition coefficient (Wildman–Crippen LogP) is -0.959. The van der Waals surface area contributed by atoms with Gasteiger partial charge in [-0.25, -0.2) is 9.78 Å². The molecule has 1 aliphatic heterocycles. The van der Waals surface area contributed by atoms with Crippen LogP contribution in [0.4, 0.5) is 0 Å². The van der Waals surface area contributed by atoms with Gasteiger partial charge in [0, 0.05) is 48.4 Å². The van der Waals surface area contributed by atoms with Gasteiger partial charge in [0.15, 0.2) is 0 Å². The van der Waals surface area contributed by atoms with Gasteiger partial charge in [0.1, 0.15) is 18.1 Å². The first-order chi connectivity index (χ1) is 18.3. The summed E-state index contributed by atoms with van der Waals surface area (Å²) in [6, 6.07) is 2.95. The number of carboxylic acids is 1. The standard InChI is InChI=1S/C25H31N7O6/c26-17(9-15-11-27-13-29-15)22(34)31-20(12-33)23(35)30-19(24(36)32-7-3-6-21(32)25(37)38)8-14-10-28-18-5-2-1-4-16(14)18/h1-2,4-5,10-11,13,17,19-21,28,33H,3,6-9,12,26H2,(H,27,29)(H,30,35)(H,31,34)(H,37,38). The minimum Gasteiger partial charge on any atom is -0.480 e. The molecule has 4 unspecified atom stereocenters. The van der Waals surface area contributed by atoms with E-state index in [1.165, 1.54) is 17.4 Å².